The summed E-state index contributed by atoms with van der Waals surface area (Å²) in [6.45, 7) is 4.42. The van der Waals surface area contributed by atoms with Crippen molar-refractivity contribution in [3.8, 4) is 34.1 Å². The van der Waals surface area contributed by atoms with Crippen molar-refractivity contribution >= 4 is 45.2 Å². The molecule has 0 saturated heterocycles. The molecule has 4 heterocycles. The van der Waals surface area contributed by atoms with Crippen molar-refractivity contribution in [3.05, 3.63) is 112 Å². The van der Waals surface area contributed by atoms with Gasteiger partial charge in [-0.25, -0.2) is 8.78 Å². The number of amides is 2. The summed E-state index contributed by atoms with van der Waals surface area (Å²) >= 11 is 5.89. The first-order valence-electron chi connectivity index (χ1n) is 15.7. The van der Waals surface area contributed by atoms with Crippen molar-refractivity contribution in [2.24, 2.45) is 0 Å². The summed E-state index contributed by atoms with van der Waals surface area (Å²) in [6.07, 6.45) is 0.782. The van der Waals surface area contributed by atoms with Crippen LogP contribution in [0.15, 0.2) is 72.8 Å². The third-order valence-electron chi connectivity index (χ3n) is 9.03. The van der Waals surface area contributed by atoms with E-state index in [2.05, 4.69) is 16.7 Å². The van der Waals surface area contributed by atoms with E-state index in [9.17, 15) is 23.6 Å². The number of halogens is 3. The van der Waals surface area contributed by atoms with E-state index in [1.54, 1.807) is 43.5 Å². The van der Waals surface area contributed by atoms with Crippen LogP contribution in [-0.2, 0) is 13.1 Å². The van der Waals surface area contributed by atoms with Crippen molar-refractivity contribution in [3.63, 3.8) is 0 Å². The van der Waals surface area contributed by atoms with Gasteiger partial charge in [-0.1, -0.05) is 23.7 Å². The number of ether oxygens (including phenoxy) is 1. The average molecular weight is 678 g/mol. The summed E-state index contributed by atoms with van der Waals surface area (Å²) in [5.41, 5.74) is 6.96. The van der Waals surface area contributed by atoms with E-state index in [4.69, 9.17) is 16.3 Å². The lowest BCUT2D eigenvalue weighted by atomic mass is 9.98. The number of nitriles is 1. The molecule has 0 atom stereocenters. The van der Waals surface area contributed by atoms with Crippen molar-refractivity contribution in [1.82, 2.24) is 19.8 Å². The largest absolute Gasteiger partial charge is 0.497 e. The number of benzene rings is 4. The zero-order chi connectivity index (χ0) is 34.4. The molecule has 8 rings (SSSR count). The zero-order valence-corrected chi connectivity index (χ0v) is 27.4. The Hall–Kier alpha value is -5.66. The number of nitrogens with one attached hydrogen (secondary N) is 2. The first kappa shape index (κ1) is 31.9. The van der Waals surface area contributed by atoms with E-state index in [-0.39, 0.29) is 17.6 Å². The SMILES string of the molecule is COc1cc(-c2ccc(F)cc2)c2c(c1)cc1n2CCNC1=O.Cc1c2n(c3c(-c4ccc(Cl)cc4F)cc(C#N)cc13)CCCNC2=O. The Morgan fingerprint density at radius 1 is 0.837 bits per heavy atom. The molecule has 0 radical (unpaired) electrons. The first-order valence-corrected chi connectivity index (χ1v) is 16.1. The molecule has 11 heteroatoms. The summed E-state index contributed by atoms with van der Waals surface area (Å²) in [5, 5.41) is 17.2. The van der Waals surface area contributed by atoms with Crippen LogP contribution in [0.25, 0.3) is 44.1 Å². The maximum Gasteiger partial charge on any atom is 0.268 e. The van der Waals surface area contributed by atoms with Crippen LogP contribution in [0.3, 0.4) is 0 Å². The van der Waals surface area contributed by atoms with Gasteiger partial charge in [0.2, 0.25) is 0 Å². The third kappa shape index (κ3) is 5.66. The third-order valence-corrected chi connectivity index (χ3v) is 9.26. The number of carbonyl (C=O) groups is 2. The van der Waals surface area contributed by atoms with Crippen LogP contribution in [0.4, 0.5) is 8.78 Å². The number of aryl methyl sites for hydroxylation is 2. The summed E-state index contributed by atoms with van der Waals surface area (Å²) in [6, 6.07) is 22.1. The minimum Gasteiger partial charge on any atom is -0.497 e. The molecule has 0 fully saturated rings. The van der Waals surface area contributed by atoms with E-state index in [1.165, 1.54) is 18.2 Å². The smallest absolute Gasteiger partial charge is 0.268 e. The van der Waals surface area contributed by atoms with Gasteiger partial charge in [-0.05, 0) is 85.1 Å². The Morgan fingerprint density at radius 3 is 2.35 bits per heavy atom. The minimum atomic E-state index is -0.458. The number of nitrogens with zero attached hydrogens (tertiary/aromatic N) is 3. The Bertz CT molecular complexity index is 2350. The van der Waals surface area contributed by atoms with E-state index in [0.717, 1.165) is 44.9 Å². The molecule has 2 aliphatic heterocycles. The van der Waals surface area contributed by atoms with Crippen LogP contribution in [-0.4, -0.2) is 41.1 Å². The molecule has 0 aliphatic carbocycles. The Morgan fingerprint density at radius 2 is 1.61 bits per heavy atom. The fourth-order valence-corrected chi connectivity index (χ4v) is 6.97. The number of hydrogen-bond acceptors (Lipinski definition) is 4. The second-order valence-corrected chi connectivity index (χ2v) is 12.4. The normalized spacial score (nSPS) is 13.8. The van der Waals surface area contributed by atoms with Crippen molar-refractivity contribution < 1.29 is 23.1 Å². The summed E-state index contributed by atoms with van der Waals surface area (Å²) in [7, 11) is 1.61. The molecular weight excluding hydrogens is 648 g/mol. The van der Waals surface area contributed by atoms with Gasteiger partial charge in [-0.15, -0.1) is 0 Å². The van der Waals surface area contributed by atoms with E-state index < -0.39 is 5.82 Å². The van der Waals surface area contributed by atoms with Gasteiger partial charge >= 0.3 is 0 Å². The highest BCUT2D eigenvalue weighted by atomic mass is 35.5. The number of aromatic nitrogens is 2. The molecule has 0 spiro atoms. The Labute approximate surface area is 285 Å². The molecule has 2 aliphatic rings. The van der Waals surface area contributed by atoms with Gasteiger partial charge in [0.15, 0.2) is 0 Å². The van der Waals surface area contributed by atoms with Gasteiger partial charge in [0.05, 0.1) is 29.8 Å². The van der Waals surface area contributed by atoms with E-state index in [1.807, 2.05) is 34.3 Å². The number of hydrogen-bond donors (Lipinski definition) is 2. The Kier molecular flexibility index (Phi) is 8.30. The van der Waals surface area contributed by atoms with Crippen LogP contribution >= 0.6 is 11.6 Å². The van der Waals surface area contributed by atoms with Crippen molar-refractivity contribution in [2.45, 2.75) is 26.4 Å². The highest BCUT2D eigenvalue weighted by Crippen LogP contribution is 2.38. The molecule has 0 saturated carbocycles. The van der Waals surface area contributed by atoms with Crippen LogP contribution in [0, 0.1) is 29.9 Å². The predicted octanol–water partition coefficient (Wildman–Crippen LogP) is 7.61. The number of fused-ring (bicyclic) bond motifs is 6. The molecule has 4 aromatic carbocycles. The summed E-state index contributed by atoms with van der Waals surface area (Å²) in [5.74, 6) is -0.237. The second-order valence-electron chi connectivity index (χ2n) is 11.9. The van der Waals surface area contributed by atoms with Crippen LogP contribution in [0.2, 0.25) is 5.02 Å². The first-order chi connectivity index (χ1) is 23.7. The lowest BCUT2D eigenvalue weighted by Gasteiger charge is -2.18. The lowest BCUT2D eigenvalue weighted by Crippen LogP contribution is -2.34. The van der Waals surface area contributed by atoms with E-state index in [0.29, 0.717) is 65.0 Å². The molecule has 8 nitrogen and oxygen atoms in total. The van der Waals surface area contributed by atoms with Gasteiger partial charge in [0.25, 0.3) is 11.8 Å². The molecule has 2 N–H and O–H groups in total. The van der Waals surface area contributed by atoms with Gasteiger partial charge in [-0.3, -0.25) is 9.59 Å². The Balaban J connectivity index is 0.000000155. The topological polar surface area (TPSA) is 101 Å². The fourth-order valence-electron chi connectivity index (χ4n) is 6.82. The number of carbonyl (C=O) groups excluding carboxylic acids is 2. The van der Waals surface area contributed by atoms with Gasteiger partial charge in [0.1, 0.15) is 28.8 Å². The number of rotatable bonds is 3. The van der Waals surface area contributed by atoms with Gasteiger partial charge in [-0.2, -0.15) is 5.26 Å². The van der Waals surface area contributed by atoms with E-state index >= 15 is 0 Å². The monoisotopic (exact) mass is 677 g/mol. The molecule has 49 heavy (non-hydrogen) atoms. The lowest BCUT2D eigenvalue weighted by molar-refractivity contribution is 0.0926. The van der Waals surface area contributed by atoms with Crippen LogP contribution < -0.4 is 15.4 Å². The quantitative estimate of drug-likeness (QED) is 0.201. The highest BCUT2D eigenvalue weighted by Gasteiger charge is 2.26. The standard InChI is InChI=1S/C20H15ClFN3O.C18H15FN2O2/c1-11-15-7-12(10-23)8-16(14-4-3-13(21)9-17(14)22)19(15)25-6-2-5-24-20(26)18(11)25;1-23-14-8-12-9-16-18(22)20-6-7-21(16)17(12)15(10-14)11-2-4-13(19)5-3-11/h3-4,7-9H,2,5-6H2,1H3,(H,24,26);2-5,8-10H,6-7H2,1H3,(H,20,22). The molecule has 2 aromatic heterocycles. The molecule has 0 unspecified atom stereocenters. The van der Waals surface area contributed by atoms with Crippen LogP contribution in [0.1, 0.15) is 38.5 Å². The van der Waals surface area contributed by atoms with Crippen molar-refractivity contribution in [2.75, 3.05) is 20.2 Å². The number of methoxy groups -OCH3 is 1. The molecule has 246 valence electrons. The second kappa shape index (κ2) is 12.7. The molecule has 0 bridgehead atoms. The fraction of sp³-hybridized carbons (Fsp3) is 0.184. The average Bonchev–Trinajstić information content (AvgIpc) is 3.54. The van der Waals surface area contributed by atoms with Gasteiger partial charge < -0.3 is 24.5 Å². The van der Waals surface area contributed by atoms with Gasteiger partial charge in [0, 0.05) is 58.7 Å². The predicted molar refractivity (Wildman–Crippen MR) is 185 cm³/mol. The highest BCUT2D eigenvalue weighted by molar-refractivity contribution is 6.30. The summed E-state index contributed by atoms with van der Waals surface area (Å²) in [4.78, 5) is 24.6. The molecule has 2 amide bonds. The van der Waals surface area contributed by atoms with Crippen LogP contribution in [0.5, 0.6) is 5.75 Å². The maximum absolute atomic E-state index is 14.6. The zero-order valence-electron chi connectivity index (χ0n) is 26.7. The molecular formula is C38H30ClF2N5O3. The molecule has 6 aromatic rings. The minimum absolute atomic E-state index is 0.0727. The van der Waals surface area contributed by atoms with Crippen molar-refractivity contribution in [1.29, 1.82) is 5.26 Å². The maximum atomic E-state index is 14.6. The summed E-state index contributed by atoms with van der Waals surface area (Å²) < 4.78 is 37.2.